The standard InChI is InChI=1S/C17H14ClN5.2C4H4O4/c18-14-3-1-13(2-4-14)17-15-11-19-6-5-16(15)23(21-17)10-9-22-8-7-20-12-22;2*5-3(6)1-2-4(7)8/h1-8,11-12H,9-10H2;2*1-2H,(H,5,6)(H,7,8)/b;2*2-1-. The van der Waals surface area contributed by atoms with Gasteiger partial charge in [0.2, 0.25) is 0 Å². The van der Waals surface area contributed by atoms with Crippen LogP contribution in [0.15, 0.2) is 85.8 Å². The Morgan fingerprint density at radius 3 is 1.82 bits per heavy atom. The van der Waals surface area contributed by atoms with E-state index in [4.69, 9.17) is 37.1 Å². The first-order valence-corrected chi connectivity index (χ1v) is 11.2. The van der Waals surface area contributed by atoms with Gasteiger partial charge in [-0.1, -0.05) is 23.7 Å². The fraction of sp³-hybridized carbons (Fsp3) is 0.0800. The second kappa shape index (κ2) is 15.1. The molecule has 0 atom stereocenters. The summed E-state index contributed by atoms with van der Waals surface area (Å²) >= 11 is 5.98. The molecule has 0 amide bonds. The van der Waals surface area contributed by atoms with E-state index >= 15 is 0 Å². The average Bonchev–Trinajstić information content (AvgIpc) is 3.54. The van der Waals surface area contributed by atoms with Crippen molar-refractivity contribution in [1.82, 2.24) is 24.3 Å². The van der Waals surface area contributed by atoms with Crippen molar-refractivity contribution in [3.63, 3.8) is 0 Å². The van der Waals surface area contributed by atoms with E-state index in [0.717, 1.165) is 40.3 Å². The minimum Gasteiger partial charge on any atom is -0.478 e. The van der Waals surface area contributed by atoms with Crippen LogP contribution < -0.4 is 0 Å². The van der Waals surface area contributed by atoms with Crippen molar-refractivity contribution in [3.8, 4) is 11.3 Å². The molecule has 14 heteroatoms. The van der Waals surface area contributed by atoms with E-state index in [1.54, 1.807) is 12.4 Å². The van der Waals surface area contributed by atoms with Gasteiger partial charge in [-0.15, -0.1) is 0 Å². The molecule has 3 aromatic heterocycles. The van der Waals surface area contributed by atoms with Gasteiger partial charge < -0.3 is 25.0 Å². The second-order valence-corrected chi connectivity index (χ2v) is 7.73. The van der Waals surface area contributed by atoms with Gasteiger partial charge in [-0.3, -0.25) is 9.67 Å². The van der Waals surface area contributed by atoms with E-state index in [1.807, 2.05) is 58.3 Å². The molecule has 3 heterocycles. The van der Waals surface area contributed by atoms with Crippen LogP contribution in [0, 0.1) is 0 Å². The first-order chi connectivity index (χ1) is 18.6. The number of carboxylic acid groups (broad SMARTS) is 4. The number of carboxylic acids is 4. The number of nitrogens with zero attached hydrogens (tertiary/aromatic N) is 5. The number of pyridine rings is 1. The number of aliphatic carboxylic acids is 4. The summed E-state index contributed by atoms with van der Waals surface area (Å²) < 4.78 is 4.05. The molecule has 0 radical (unpaired) electrons. The molecule has 0 saturated heterocycles. The maximum Gasteiger partial charge on any atom is 0.328 e. The number of aryl methyl sites for hydroxylation is 2. The van der Waals surface area contributed by atoms with E-state index < -0.39 is 23.9 Å². The van der Waals surface area contributed by atoms with Gasteiger partial charge in [0.15, 0.2) is 0 Å². The zero-order valence-electron chi connectivity index (χ0n) is 20.0. The number of fused-ring (bicyclic) bond motifs is 1. The highest BCUT2D eigenvalue weighted by molar-refractivity contribution is 6.30. The van der Waals surface area contributed by atoms with Crippen LogP contribution in [0.25, 0.3) is 22.2 Å². The van der Waals surface area contributed by atoms with Gasteiger partial charge in [0.1, 0.15) is 5.69 Å². The van der Waals surface area contributed by atoms with Gasteiger partial charge in [-0.25, -0.2) is 24.2 Å². The third-order valence-electron chi connectivity index (χ3n) is 4.54. The Morgan fingerprint density at radius 1 is 0.769 bits per heavy atom. The van der Waals surface area contributed by atoms with Crippen molar-refractivity contribution in [1.29, 1.82) is 0 Å². The van der Waals surface area contributed by atoms with Crippen molar-refractivity contribution >= 4 is 46.4 Å². The number of halogens is 1. The highest BCUT2D eigenvalue weighted by atomic mass is 35.5. The number of hydrogen-bond acceptors (Lipinski definition) is 7. The second-order valence-electron chi connectivity index (χ2n) is 7.29. The fourth-order valence-corrected chi connectivity index (χ4v) is 3.05. The van der Waals surface area contributed by atoms with Crippen molar-refractivity contribution in [3.05, 3.63) is 90.8 Å². The topological polar surface area (TPSA) is 198 Å². The van der Waals surface area contributed by atoms with Gasteiger partial charge in [0.25, 0.3) is 0 Å². The minimum atomic E-state index is -1.26. The normalized spacial score (nSPS) is 10.5. The number of rotatable bonds is 8. The lowest BCUT2D eigenvalue weighted by Gasteiger charge is -2.04. The first-order valence-electron chi connectivity index (χ1n) is 10.9. The quantitative estimate of drug-likeness (QED) is 0.233. The first kappa shape index (κ1) is 29.9. The van der Waals surface area contributed by atoms with Gasteiger partial charge in [-0.05, 0) is 18.2 Å². The van der Waals surface area contributed by atoms with Gasteiger partial charge in [0.05, 0.1) is 18.4 Å². The van der Waals surface area contributed by atoms with Crippen molar-refractivity contribution in [2.45, 2.75) is 13.1 Å². The molecule has 0 aliphatic rings. The Balaban J connectivity index is 0.000000277. The predicted octanol–water partition coefficient (Wildman–Crippen LogP) is 3.07. The van der Waals surface area contributed by atoms with Crippen LogP contribution in [0.2, 0.25) is 5.02 Å². The Hall–Kier alpha value is -5.30. The smallest absolute Gasteiger partial charge is 0.328 e. The molecule has 0 saturated carbocycles. The Morgan fingerprint density at radius 2 is 1.33 bits per heavy atom. The lowest BCUT2D eigenvalue weighted by atomic mass is 10.1. The molecule has 0 aliphatic heterocycles. The Labute approximate surface area is 225 Å². The summed E-state index contributed by atoms with van der Waals surface area (Å²) in [5, 5.41) is 37.8. The summed E-state index contributed by atoms with van der Waals surface area (Å²) in [6, 6.07) is 9.72. The summed E-state index contributed by atoms with van der Waals surface area (Å²) in [6.45, 7) is 1.59. The van der Waals surface area contributed by atoms with Crippen LogP contribution in [-0.4, -0.2) is 68.6 Å². The molecular weight excluding hydrogens is 534 g/mol. The molecular formula is C25H22ClN5O8. The summed E-state index contributed by atoms with van der Waals surface area (Å²) in [5.41, 5.74) is 3.04. The summed E-state index contributed by atoms with van der Waals surface area (Å²) in [4.78, 5) is 46.5. The maximum atomic E-state index is 9.55. The van der Waals surface area contributed by atoms with Crippen LogP contribution >= 0.6 is 11.6 Å². The molecule has 1 aromatic carbocycles. The van der Waals surface area contributed by atoms with Crippen LogP contribution in [0.1, 0.15) is 0 Å². The molecule has 0 bridgehead atoms. The summed E-state index contributed by atoms with van der Waals surface area (Å²) in [6.07, 6.45) is 11.4. The highest BCUT2D eigenvalue weighted by Crippen LogP contribution is 2.28. The maximum absolute atomic E-state index is 9.55. The van der Waals surface area contributed by atoms with Gasteiger partial charge in [0, 0.05) is 71.6 Å². The predicted molar refractivity (Wildman–Crippen MR) is 139 cm³/mol. The van der Waals surface area contributed by atoms with Crippen LogP contribution in [0.4, 0.5) is 0 Å². The third-order valence-corrected chi connectivity index (χ3v) is 4.79. The zero-order valence-corrected chi connectivity index (χ0v) is 20.8. The largest absolute Gasteiger partial charge is 0.478 e. The minimum absolute atomic E-state index is 0.558. The molecule has 0 unspecified atom stereocenters. The average molecular weight is 556 g/mol. The Kier molecular flexibility index (Phi) is 11.6. The van der Waals surface area contributed by atoms with E-state index in [9.17, 15) is 19.2 Å². The summed E-state index contributed by atoms with van der Waals surface area (Å²) in [7, 11) is 0. The van der Waals surface area contributed by atoms with Crippen LogP contribution in [-0.2, 0) is 32.3 Å². The van der Waals surface area contributed by atoms with E-state index in [1.165, 1.54) is 0 Å². The van der Waals surface area contributed by atoms with E-state index in [2.05, 4.69) is 9.97 Å². The molecule has 39 heavy (non-hydrogen) atoms. The van der Waals surface area contributed by atoms with Crippen molar-refractivity contribution in [2.75, 3.05) is 0 Å². The third kappa shape index (κ3) is 10.7. The number of hydrogen-bond donors (Lipinski definition) is 4. The van der Waals surface area contributed by atoms with Crippen molar-refractivity contribution in [2.24, 2.45) is 0 Å². The monoisotopic (exact) mass is 555 g/mol. The van der Waals surface area contributed by atoms with E-state index in [0.29, 0.717) is 24.3 Å². The lowest BCUT2D eigenvalue weighted by molar-refractivity contribution is -0.134. The molecule has 0 spiro atoms. The molecule has 202 valence electrons. The number of carbonyl (C=O) groups is 4. The fourth-order valence-electron chi connectivity index (χ4n) is 2.93. The molecule has 13 nitrogen and oxygen atoms in total. The summed E-state index contributed by atoms with van der Waals surface area (Å²) in [5.74, 6) is -5.03. The van der Waals surface area contributed by atoms with Crippen molar-refractivity contribution < 1.29 is 39.6 Å². The van der Waals surface area contributed by atoms with Gasteiger partial charge >= 0.3 is 23.9 Å². The Bertz CT molecular complexity index is 1410. The number of aromatic nitrogens is 5. The highest BCUT2D eigenvalue weighted by Gasteiger charge is 2.12. The SMILES string of the molecule is Clc1ccc(-c2nn(CCn3ccnc3)c3ccncc23)cc1.O=C(O)/C=C\C(=O)O.O=C(O)/C=C\C(=O)O. The molecule has 4 rings (SSSR count). The zero-order chi connectivity index (χ0) is 28.8. The van der Waals surface area contributed by atoms with Gasteiger partial charge in [-0.2, -0.15) is 5.10 Å². The lowest BCUT2D eigenvalue weighted by Crippen LogP contribution is -2.07. The molecule has 0 fully saturated rings. The number of benzene rings is 1. The molecule has 0 aliphatic carbocycles. The molecule has 4 N–H and O–H groups in total. The van der Waals surface area contributed by atoms with Crippen LogP contribution in [0.5, 0.6) is 0 Å². The van der Waals surface area contributed by atoms with E-state index in [-0.39, 0.29) is 0 Å². The number of imidazole rings is 1. The van der Waals surface area contributed by atoms with Crippen LogP contribution in [0.3, 0.4) is 0 Å². The molecule has 4 aromatic rings.